The van der Waals surface area contributed by atoms with E-state index in [4.69, 9.17) is 0 Å². The minimum Gasteiger partial charge on any atom is -0.388 e. The summed E-state index contributed by atoms with van der Waals surface area (Å²) in [6.07, 6.45) is -0.426. The maximum absolute atomic E-state index is 10.3. The molecule has 2 rings (SSSR count). The summed E-state index contributed by atoms with van der Waals surface area (Å²) in [5.74, 6) is 0.678. The van der Waals surface area contributed by atoms with Crippen molar-refractivity contribution in [1.29, 1.82) is 0 Å². The number of aliphatic hydroxyl groups excluding tert-OH is 1. The lowest BCUT2D eigenvalue weighted by Crippen LogP contribution is -2.11. The Hall–Kier alpha value is -1.25. The topological polar surface area (TPSA) is 20.2 Å². The highest BCUT2D eigenvalue weighted by Crippen LogP contribution is 2.27. The second-order valence-corrected chi connectivity index (χ2v) is 7.61. The van der Waals surface area contributed by atoms with Crippen molar-refractivity contribution in [3.8, 4) is 0 Å². The molecule has 1 nitrogen and oxygen atoms in total. The minimum absolute atomic E-state index is 0.153. The van der Waals surface area contributed by atoms with Crippen molar-refractivity contribution in [3.63, 3.8) is 0 Å². The summed E-state index contributed by atoms with van der Waals surface area (Å²) in [5, 5.41) is 10.3. The van der Waals surface area contributed by atoms with E-state index in [0.717, 1.165) is 5.56 Å². The van der Waals surface area contributed by atoms with Crippen LogP contribution in [0.1, 0.15) is 43.6 Å². The van der Waals surface area contributed by atoms with Gasteiger partial charge in [0.25, 0.3) is 0 Å². The molecule has 112 valence electrons. The molecule has 0 fully saturated rings. The average molecular weight is 300 g/mol. The van der Waals surface area contributed by atoms with Gasteiger partial charge in [-0.2, -0.15) is 0 Å². The molecule has 0 aromatic heterocycles. The van der Waals surface area contributed by atoms with Gasteiger partial charge in [-0.15, -0.1) is 11.8 Å². The number of benzene rings is 2. The monoisotopic (exact) mass is 300 g/mol. The quantitative estimate of drug-likeness (QED) is 0.791. The molecule has 1 N–H and O–H groups in total. The molecule has 21 heavy (non-hydrogen) atoms. The van der Waals surface area contributed by atoms with Gasteiger partial charge in [0.15, 0.2) is 0 Å². The normalized spacial score (nSPS) is 13.2. The molecule has 0 spiro atoms. The van der Waals surface area contributed by atoms with Gasteiger partial charge in [0, 0.05) is 10.6 Å². The second-order valence-electron chi connectivity index (χ2n) is 6.51. The molecule has 0 aliphatic rings. The average Bonchev–Trinajstić information content (AvgIpc) is 2.45. The van der Waals surface area contributed by atoms with Crippen LogP contribution in [0.5, 0.6) is 0 Å². The van der Waals surface area contributed by atoms with Crippen LogP contribution < -0.4 is 0 Å². The molecule has 2 heteroatoms. The molecule has 2 aromatic rings. The van der Waals surface area contributed by atoms with Crippen LogP contribution in [0.15, 0.2) is 53.4 Å². The van der Waals surface area contributed by atoms with Crippen molar-refractivity contribution in [1.82, 2.24) is 0 Å². The predicted molar refractivity (Wildman–Crippen MR) is 92.0 cm³/mol. The van der Waals surface area contributed by atoms with Crippen LogP contribution in [0.3, 0.4) is 0 Å². The zero-order valence-corrected chi connectivity index (χ0v) is 14.1. The first kappa shape index (κ1) is 16.1. The van der Waals surface area contributed by atoms with E-state index in [1.165, 1.54) is 16.0 Å². The predicted octanol–water partition coefficient (Wildman–Crippen LogP) is 5.12. The molecule has 0 aliphatic carbocycles. The van der Waals surface area contributed by atoms with Crippen molar-refractivity contribution < 1.29 is 5.11 Å². The van der Waals surface area contributed by atoms with Crippen LogP contribution in [-0.2, 0) is 5.41 Å². The summed E-state index contributed by atoms with van der Waals surface area (Å²) in [7, 11) is 0. The number of aliphatic hydroxyl groups is 1. The molecule has 2 aromatic carbocycles. The van der Waals surface area contributed by atoms with Crippen LogP contribution in [0, 0.1) is 6.92 Å². The first-order valence-electron chi connectivity index (χ1n) is 7.34. The van der Waals surface area contributed by atoms with Gasteiger partial charge in [-0.3, -0.25) is 0 Å². The van der Waals surface area contributed by atoms with Crippen LogP contribution in [0.25, 0.3) is 0 Å². The van der Waals surface area contributed by atoms with E-state index >= 15 is 0 Å². The molecular weight excluding hydrogens is 276 g/mol. The van der Waals surface area contributed by atoms with Crippen LogP contribution >= 0.6 is 11.8 Å². The van der Waals surface area contributed by atoms with E-state index in [-0.39, 0.29) is 5.41 Å². The van der Waals surface area contributed by atoms with Gasteiger partial charge in [0.05, 0.1) is 6.10 Å². The number of hydrogen-bond donors (Lipinski definition) is 1. The lowest BCUT2D eigenvalue weighted by molar-refractivity contribution is 0.204. The summed E-state index contributed by atoms with van der Waals surface area (Å²) >= 11 is 1.69. The first-order valence-corrected chi connectivity index (χ1v) is 8.33. The molecule has 0 bridgehead atoms. The number of hydrogen-bond acceptors (Lipinski definition) is 2. The molecule has 0 heterocycles. The highest BCUT2D eigenvalue weighted by Gasteiger charge is 2.14. The Kier molecular flexibility index (Phi) is 5.13. The van der Waals surface area contributed by atoms with Crippen molar-refractivity contribution in [2.45, 2.75) is 44.1 Å². The summed E-state index contributed by atoms with van der Waals surface area (Å²) in [4.78, 5) is 1.20. The highest BCUT2D eigenvalue weighted by molar-refractivity contribution is 7.99. The Bertz CT molecular complexity index is 564. The number of aryl methyl sites for hydroxylation is 1. The van der Waals surface area contributed by atoms with E-state index < -0.39 is 6.10 Å². The van der Waals surface area contributed by atoms with Crippen molar-refractivity contribution in [2.75, 3.05) is 5.75 Å². The summed E-state index contributed by atoms with van der Waals surface area (Å²) < 4.78 is 0. The third-order valence-electron chi connectivity index (χ3n) is 3.59. The van der Waals surface area contributed by atoms with E-state index in [0.29, 0.717) is 5.75 Å². The van der Waals surface area contributed by atoms with E-state index in [9.17, 15) is 5.11 Å². The molecule has 1 atom stereocenters. The molecule has 0 aliphatic heterocycles. The molecule has 1 unspecified atom stereocenters. The van der Waals surface area contributed by atoms with E-state index in [1.54, 1.807) is 11.8 Å². The Morgan fingerprint density at radius 3 is 2.05 bits per heavy atom. The van der Waals surface area contributed by atoms with Gasteiger partial charge >= 0.3 is 0 Å². The Morgan fingerprint density at radius 1 is 0.952 bits per heavy atom. The lowest BCUT2D eigenvalue weighted by atomic mass is 9.86. The highest BCUT2D eigenvalue weighted by atomic mass is 32.2. The minimum atomic E-state index is -0.426. The molecule has 0 saturated heterocycles. The Labute approximate surface area is 132 Å². The maximum atomic E-state index is 10.3. The Balaban J connectivity index is 1.97. The number of rotatable bonds is 4. The summed E-state index contributed by atoms with van der Waals surface area (Å²) in [6, 6.07) is 16.7. The van der Waals surface area contributed by atoms with E-state index in [1.807, 2.05) is 12.1 Å². The van der Waals surface area contributed by atoms with E-state index in [2.05, 4.69) is 64.1 Å². The van der Waals surface area contributed by atoms with Gasteiger partial charge in [-0.1, -0.05) is 62.7 Å². The first-order chi connectivity index (χ1) is 9.86. The third-order valence-corrected chi connectivity index (χ3v) is 4.68. The van der Waals surface area contributed by atoms with Gasteiger partial charge in [0.2, 0.25) is 0 Å². The second kappa shape index (κ2) is 6.67. The molecule has 0 saturated carbocycles. The van der Waals surface area contributed by atoms with Crippen LogP contribution in [0.2, 0.25) is 0 Å². The maximum Gasteiger partial charge on any atom is 0.0883 e. The standard InChI is InChI=1S/C19H24OS/c1-14-5-11-17(12-6-14)21-13-18(20)15-7-9-16(10-8-15)19(2,3)4/h5-12,18,20H,13H2,1-4H3. The Morgan fingerprint density at radius 2 is 1.52 bits per heavy atom. The van der Waals surface area contributed by atoms with Crippen molar-refractivity contribution in [2.24, 2.45) is 0 Å². The van der Waals surface area contributed by atoms with Gasteiger partial charge in [-0.05, 0) is 35.6 Å². The summed E-state index contributed by atoms with van der Waals surface area (Å²) in [6.45, 7) is 8.68. The number of thioether (sulfide) groups is 1. The molecule has 0 amide bonds. The fraction of sp³-hybridized carbons (Fsp3) is 0.368. The largest absolute Gasteiger partial charge is 0.388 e. The third kappa shape index (κ3) is 4.62. The fourth-order valence-electron chi connectivity index (χ4n) is 2.11. The summed E-state index contributed by atoms with van der Waals surface area (Å²) in [5.41, 5.74) is 3.70. The van der Waals surface area contributed by atoms with Crippen LogP contribution in [-0.4, -0.2) is 10.9 Å². The lowest BCUT2D eigenvalue weighted by Gasteiger charge is -2.20. The SMILES string of the molecule is Cc1ccc(SCC(O)c2ccc(C(C)(C)C)cc2)cc1. The zero-order valence-electron chi connectivity index (χ0n) is 13.3. The zero-order chi connectivity index (χ0) is 15.5. The molecule has 0 radical (unpaired) electrons. The fourth-order valence-corrected chi connectivity index (χ4v) is 2.98. The van der Waals surface area contributed by atoms with Crippen LogP contribution in [0.4, 0.5) is 0 Å². The smallest absolute Gasteiger partial charge is 0.0883 e. The van der Waals surface area contributed by atoms with Gasteiger partial charge < -0.3 is 5.11 Å². The molecular formula is C19H24OS. The van der Waals surface area contributed by atoms with Crippen molar-refractivity contribution in [3.05, 3.63) is 65.2 Å². The van der Waals surface area contributed by atoms with Crippen molar-refractivity contribution >= 4 is 11.8 Å². The van der Waals surface area contributed by atoms with Gasteiger partial charge in [-0.25, -0.2) is 0 Å². The van der Waals surface area contributed by atoms with Gasteiger partial charge in [0.1, 0.15) is 0 Å².